The third-order valence-electron chi connectivity index (χ3n) is 2.73. The molecular formula is C10H16N4. The number of hydrogen-bond acceptors (Lipinski definition) is 4. The average molecular weight is 192 g/mol. The van der Waals surface area contributed by atoms with Gasteiger partial charge in [0.1, 0.15) is 17.5 Å². The highest BCUT2D eigenvalue weighted by Crippen LogP contribution is 2.33. The maximum absolute atomic E-state index is 5.76. The van der Waals surface area contributed by atoms with Crippen molar-refractivity contribution in [2.75, 3.05) is 11.1 Å². The standard InChI is InChI=1S/C10H16N4/c1-5-4-8(5)14-10-6(2)9(11)12-7(3)13-10/h5,8H,4H2,1-3H3,(H3,11,12,13,14). The van der Waals surface area contributed by atoms with Gasteiger partial charge in [-0.05, 0) is 26.2 Å². The van der Waals surface area contributed by atoms with Crippen LogP contribution in [-0.2, 0) is 0 Å². The summed E-state index contributed by atoms with van der Waals surface area (Å²) < 4.78 is 0. The van der Waals surface area contributed by atoms with Gasteiger partial charge in [-0.3, -0.25) is 0 Å². The quantitative estimate of drug-likeness (QED) is 0.745. The van der Waals surface area contributed by atoms with Crippen molar-refractivity contribution in [2.45, 2.75) is 33.2 Å². The lowest BCUT2D eigenvalue weighted by Crippen LogP contribution is -2.10. The van der Waals surface area contributed by atoms with Crippen LogP contribution in [0.1, 0.15) is 24.7 Å². The Morgan fingerprint density at radius 2 is 2.00 bits per heavy atom. The van der Waals surface area contributed by atoms with Crippen LogP contribution in [0.15, 0.2) is 0 Å². The molecule has 4 nitrogen and oxygen atoms in total. The van der Waals surface area contributed by atoms with Crippen LogP contribution in [0.4, 0.5) is 11.6 Å². The Kier molecular flexibility index (Phi) is 2.06. The van der Waals surface area contributed by atoms with Crippen LogP contribution in [-0.4, -0.2) is 16.0 Å². The van der Waals surface area contributed by atoms with Gasteiger partial charge in [-0.1, -0.05) is 6.92 Å². The van der Waals surface area contributed by atoms with E-state index >= 15 is 0 Å². The molecule has 0 spiro atoms. The van der Waals surface area contributed by atoms with Gasteiger partial charge in [0.2, 0.25) is 0 Å². The van der Waals surface area contributed by atoms with Crippen molar-refractivity contribution in [1.82, 2.24) is 9.97 Å². The molecule has 1 aromatic rings. The Bertz CT molecular complexity index is 361. The lowest BCUT2D eigenvalue weighted by atomic mass is 10.3. The van der Waals surface area contributed by atoms with Crippen LogP contribution in [0.5, 0.6) is 0 Å². The maximum atomic E-state index is 5.76. The van der Waals surface area contributed by atoms with Crippen molar-refractivity contribution in [3.63, 3.8) is 0 Å². The highest BCUT2D eigenvalue weighted by molar-refractivity contribution is 5.55. The molecule has 0 radical (unpaired) electrons. The minimum Gasteiger partial charge on any atom is -0.383 e. The topological polar surface area (TPSA) is 63.8 Å². The Morgan fingerprint density at radius 3 is 2.57 bits per heavy atom. The van der Waals surface area contributed by atoms with Crippen LogP contribution in [0, 0.1) is 19.8 Å². The van der Waals surface area contributed by atoms with Crippen LogP contribution in [0.3, 0.4) is 0 Å². The largest absolute Gasteiger partial charge is 0.383 e. The van der Waals surface area contributed by atoms with E-state index in [0.717, 1.165) is 23.1 Å². The minimum atomic E-state index is 0.572. The predicted molar refractivity (Wildman–Crippen MR) is 57.1 cm³/mol. The van der Waals surface area contributed by atoms with E-state index < -0.39 is 0 Å². The summed E-state index contributed by atoms with van der Waals surface area (Å²) in [6.07, 6.45) is 1.22. The van der Waals surface area contributed by atoms with Crippen LogP contribution in [0.2, 0.25) is 0 Å². The first-order chi connectivity index (χ1) is 6.58. The molecule has 0 amide bonds. The fraction of sp³-hybridized carbons (Fsp3) is 0.600. The first-order valence-corrected chi connectivity index (χ1v) is 4.95. The van der Waals surface area contributed by atoms with Crippen molar-refractivity contribution in [1.29, 1.82) is 0 Å². The second-order valence-electron chi connectivity index (χ2n) is 4.09. The fourth-order valence-corrected chi connectivity index (χ4v) is 1.49. The van der Waals surface area contributed by atoms with Crippen molar-refractivity contribution in [3.05, 3.63) is 11.4 Å². The lowest BCUT2D eigenvalue weighted by molar-refractivity contribution is 0.914. The number of nitrogen functional groups attached to an aromatic ring is 1. The Balaban J connectivity index is 2.23. The van der Waals surface area contributed by atoms with Gasteiger partial charge in [0.15, 0.2) is 0 Å². The van der Waals surface area contributed by atoms with Crippen LogP contribution >= 0.6 is 0 Å². The van der Waals surface area contributed by atoms with Gasteiger partial charge in [0.05, 0.1) is 0 Å². The summed E-state index contributed by atoms with van der Waals surface area (Å²) in [6, 6.07) is 0.572. The summed E-state index contributed by atoms with van der Waals surface area (Å²) in [4.78, 5) is 8.45. The highest BCUT2D eigenvalue weighted by Gasteiger charge is 2.33. The number of anilines is 2. The molecular weight excluding hydrogens is 176 g/mol. The average Bonchev–Trinajstić information content (AvgIpc) is 2.77. The SMILES string of the molecule is Cc1nc(N)c(C)c(NC2CC2C)n1. The molecule has 0 aliphatic heterocycles. The molecule has 0 aromatic carbocycles. The molecule has 3 N–H and O–H groups in total. The van der Waals surface area contributed by atoms with Crippen molar-refractivity contribution < 1.29 is 0 Å². The number of hydrogen-bond donors (Lipinski definition) is 2. The number of aryl methyl sites for hydroxylation is 1. The second kappa shape index (κ2) is 3.12. The number of nitrogens with one attached hydrogen (secondary N) is 1. The molecule has 2 rings (SSSR count). The molecule has 1 aliphatic rings. The van der Waals surface area contributed by atoms with E-state index in [1.54, 1.807) is 0 Å². The molecule has 1 fully saturated rings. The van der Waals surface area contributed by atoms with E-state index in [0.29, 0.717) is 11.9 Å². The zero-order valence-corrected chi connectivity index (χ0v) is 8.83. The monoisotopic (exact) mass is 192 g/mol. The van der Waals surface area contributed by atoms with E-state index in [2.05, 4.69) is 22.2 Å². The number of rotatable bonds is 2. The molecule has 2 atom stereocenters. The van der Waals surface area contributed by atoms with Crippen molar-refractivity contribution >= 4 is 11.6 Å². The molecule has 1 saturated carbocycles. The van der Waals surface area contributed by atoms with Gasteiger partial charge >= 0.3 is 0 Å². The first-order valence-electron chi connectivity index (χ1n) is 4.95. The third-order valence-corrected chi connectivity index (χ3v) is 2.73. The number of nitrogens with zero attached hydrogens (tertiary/aromatic N) is 2. The lowest BCUT2D eigenvalue weighted by Gasteiger charge is -2.09. The van der Waals surface area contributed by atoms with Gasteiger partial charge in [-0.15, -0.1) is 0 Å². The van der Waals surface area contributed by atoms with Gasteiger partial charge in [-0.25, -0.2) is 9.97 Å². The predicted octanol–water partition coefficient (Wildman–Crippen LogP) is 1.50. The summed E-state index contributed by atoms with van der Waals surface area (Å²) >= 11 is 0. The molecule has 14 heavy (non-hydrogen) atoms. The summed E-state index contributed by atoms with van der Waals surface area (Å²) in [6.45, 7) is 6.03. The highest BCUT2D eigenvalue weighted by atomic mass is 15.1. The van der Waals surface area contributed by atoms with Gasteiger partial charge in [0.25, 0.3) is 0 Å². The van der Waals surface area contributed by atoms with E-state index in [1.807, 2.05) is 13.8 Å². The first kappa shape index (κ1) is 9.24. The Labute approximate surface area is 83.9 Å². The molecule has 1 aliphatic carbocycles. The van der Waals surface area contributed by atoms with Gasteiger partial charge in [-0.2, -0.15) is 0 Å². The third kappa shape index (κ3) is 1.64. The number of aromatic nitrogens is 2. The van der Waals surface area contributed by atoms with Crippen LogP contribution < -0.4 is 11.1 Å². The molecule has 76 valence electrons. The molecule has 0 bridgehead atoms. The van der Waals surface area contributed by atoms with Crippen molar-refractivity contribution in [2.24, 2.45) is 5.92 Å². The molecule has 4 heteroatoms. The maximum Gasteiger partial charge on any atom is 0.134 e. The molecule has 1 aromatic heterocycles. The van der Waals surface area contributed by atoms with Crippen molar-refractivity contribution in [3.8, 4) is 0 Å². The van der Waals surface area contributed by atoms with E-state index in [1.165, 1.54) is 6.42 Å². The molecule has 1 heterocycles. The number of nitrogens with two attached hydrogens (primary N) is 1. The summed E-state index contributed by atoms with van der Waals surface area (Å²) in [5.74, 6) is 2.95. The zero-order chi connectivity index (χ0) is 10.3. The van der Waals surface area contributed by atoms with Crippen LogP contribution in [0.25, 0.3) is 0 Å². The molecule has 0 saturated heterocycles. The second-order valence-corrected chi connectivity index (χ2v) is 4.09. The smallest absolute Gasteiger partial charge is 0.134 e. The Hall–Kier alpha value is -1.32. The molecule has 2 unspecified atom stereocenters. The zero-order valence-electron chi connectivity index (χ0n) is 8.83. The van der Waals surface area contributed by atoms with Gasteiger partial charge in [0, 0.05) is 11.6 Å². The summed E-state index contributed by atoms with van der Waals surface area (Å²) in [7, 11) is 0. The van der Waals surface area contributed by atoms with E-state index in [-0.39, 0.29) is 0 Å². The minimum absolute atomic E-state index is 0.572. The summed E-state index contributed by atoms with van der Waals surface area (Å²) in [5.41, 5.74) is 6.71. The van der Waals surface area contributed by atoms with E-state index in [9.17, 15) is 0 Å². The van der Waals surface area contributed by atoms with E-state index in [4.69, 9.17) is 5.73 Å². The Morgan fingerprint density at radius 1 is 1.36 bits per heavy atom. The fourth-order valence-electron chi connectivity index (χ4n) is 1.49. The van der Waals surface area contributed by atoms with Gasteiger partial charge < -0.3 is 11.1 Å². The summed E-state index contributed by atoms with van der Waals surface area (Å²) in [5, 5.41) is 3.38. The normalized spacial score (nSPS) is 24.8.